The Morgan fingerprint density at radius 2 is 2.00 bits per heavy atom. The van der Waals surface area contributed by atoms with E-state index in [9.17, 15) is 9.90 Å². The molecule has 0 amide bonds. The van der Waals surface area contributed by atoms with Gasteiger partial charge in [-0.25, -0.2) is 9.48 Å². The first-order chi connectivity index (χ1) is 9.70. The SMILES string of the molecule is CC(C)(C)c1nn(Cc2cccc(Cl)c2)c(Cl)c1C(=O)O. The molecule has 0 aliphatic rings. The van der Waals surface area contributed by atoms with Crippen LogP contribution in [0.3, 0.4) is 0 Å². The van der Waals surface area contributed by atoms with E-state index in [1.807, 2.05) is 32.9 Å². The number of benzene rings is 1. The second-order valence-electron chi connectivity index (χ2n) is 5.86. The molecule has 1 N–H and O–H groups in total. The molecule has 0 bridgehead atoms. The minimum atomic E-state index is -1.07. The minimum absolute atomic E-state index is 0.0613. The highest BCUT2D eigenvalue weighted by Gasteiger charge is 2.30. The summed E-state index contributed by atoms with van der Waals surface area (Å²) in [5, 5.41) is 14.5. The highest BCUT2D eigenvalue weighted by molar-refractivity contribution is 6.32. The molecular formula is C15H16Cl2N2O2. The lowest BCUT2D eigenvalue weighted by molar-refractivity contribution is 0.0694. The van der Waals surface area contributed by atoms with Gasteiger partial charge in [-0.2, -0.15) is 5.10 Å². The van der Waals surface area contributed by atoms with Gasteiger partial charge in [0, 0.05) is 10.4 Å². The van der Waals surface area contributed by atoms with Crippen LogP contribution in [-0.2, 0) is 12.0 Å². The van der Waals surface area contributed by atoms with Gasteiger partial charge in [-0.15, -0.1) is 0 Å². The number of rotatable bonds is 3. The second kappa shape index (κ2) is 5.70. The molecule has 1 heterocycles. The molecule has 1 aromatic heterocycles. The lowest BCUT2D eigenvalue weighted by Gasteiger charge is -2.15. The minimum Gasteiger partial charge on any atom is -0.478 e. The van der Waals surface area contributed by atoms with E-state index in [2.05, 4.69) is 5.10 Å². The maximum atomic E-state index is 11.5. The molecule has 2 aromatic rings. The molecule has 0 atom stereocenters. The first kappa shape index (κ1) is 15.9. The standard InChI is InChI=1S/C15H16Cl2N2O2/c1-15(2,3)12-11(14(20)21)13(17)19(18-12)8-9-5-4-6-10(16)7-9/h4-7H,8H2,1-3H3,(H,20,21). The number of carboxylic acid groups (broad SMARTS) is 1. The molecule has 1 aromatic carbocycles. The van der Waals surface area contributed by atoms with Gasteiger partial charge in [0.15, 0.2) is 0 Å². The summed E-state index contributed by atoms with van der Waals surface area (Å²) in [5.74, 6) is -1.07. The van der Waals surface area contributed by atoms with Gasteiger partial charge in [0.05, 0.1) is 12.2 Å². The molecule has 0 saturated heterocycles. The van der Waals surface area contributed by atoms with Crippen molar-refractivity contribution in [2.24, 2.45) is 0 Å². The number of aromatic carboxylic acids is 1. The molecule has 0 saturated carbocycles. The molecule has 0 aliphatic heterocycles. The van der Waals surface area contributed by atoms with Gasteiger partial charge in [-0.3, -0.25) is 0 Å². The van der Waals surface area contributed by atoms with Crippen LogP contribution >= 0.6 is 23.2 Å². The lowest BCUT2D eigenvalue weighted by Crippen LogP contribution is -2.17. The first-order valence-corrected chi connectivity index (χ1v) is 7.20. The molecule has 0 spiro atoms. The van der Waals surface area contributed by atoms with Crippen LogP contribution in [0.15, 0.2) is 24.3 Å². The molecule has 0 unspecified atom stereocenters. The Morgan fingerprint density at radius 1 is 1.33 bits per heavy atom. The molecule has 2 rings (SSSR count). The molecular weight excluding hydrogens is 311 g/mol. The van der Waals surface area contributed by atoms with E-state index in [1.54, 1.807) is 12.1 Å². The summed E-state index contributed by atoms with van der Waals surface area (Å²) >= 11 is 12.2. The molecule has 0 aliphatic carbocycles. The van der Waals surface area contributed by atoms with Crippen LogP contribution in [-0.4, -0.2) is 20.9 Å². The van der Waals surface area contributed by atoms with Crippen LogP contribution < -0.4 is 0 Å². The third-order valence-corrected chi connectivity index (χ3v) is 3.66. The van der Waals surface area contributed by atoms with Crippen LogP contribution in [0.25, 0.3) is 0 Å². The summed E-state index contributed by atoms with van der Waals surface area (Å²) in [5.41, 5.74) is 1.04. The topological polar surface area (TPSA) is 55.1 Å². The fraction of sp³-hybridized carbons (Fsp3) is 0.333. The maximum Gasteiger partial charge on any atom is 0.340 e. The summed E-state index contributed by atoms with van der Waals surface area (Å²) < 4.78 is 1.50. The number of hydrogen-bond donors (Lipinski definition) is 1. The zero-order chi connectivity index (χ0) is 15.8. The van der Waals surface area contributed by atoms with Crippen molar-refractivity contribution in [3.63, 3.8) is 0 Å². The van der Waals surface area contributed by atoms with Crippen molar-refractivity contribution in [3.8, 4) is 0 Å². The molecule has 21 heavy (non-hydrogen) atoms. The Morgan fingerprint density at radius 3 is 2.48 bits per heavy atom. The second-order valence-corrected chi connectivity index (χ2v) is 6.65. The Balaban J connectivity index is 2.48. The fourth-order valence-electron chi connectivity index (χ4n) is 2.07. The van der Waals surface area contributed by atoms with Crippen molar-refractivity contribution in [1.29, 1.82) is 0 Å². The van der Waals surface area contributed by atoms with E-state index in [4.69, 9.17) is 23.2 Å². The highest BCUT2D eigenvalue weighted by atomic mass is 35.5. The number of carboxylic acids is 1. The average molecular weight is 327 g/mol. The Bertz CT molecular complexity index is 687. The number of nitrogens with zero attached hydrogens (tertiary/aromatic N) is 2. The van der Waals surface area contributed by atoms with E-state index in [0.29, 0.717) is 17.3 Å². The highest BCUT2D eigenvalue weighted by Crippen LogP contribution is 2.30. The molecule has 0 radical (unpaired) electrons. The number of hydrogen-bond acceptors (Lipinski definition) is 2. The van der Waals surface area contributed by atoms with Crippen molar-refractivity contribution in [3.05, 3.63) is 51.3 Å². The summed E-state index contributed by atoms with van der Waals surface area (Å²) in [4.78, 5) is 11.5. The monoisotopic (exact) mass is 326 g/mol. The first-order valence-electron chi connectivity index (χ1n) is 6.44. The Kier molecular flexibility index (Phi) is 4.30. The average Bonchev–Trinajstić information content (AvgIpc) is 2.67. The molecule has 112 valence electrons. The largest absolute Gasteiger partial charge is 0.478 e. The summed E-state index contributed by atoms with van der Waals surface area (Å²) in [6, 6.07) is 7.30. The molecule has 6 heteroatoms. The van der Waals surface area contributed by atoms with Crippen LogP contribution in [0.2, 0.25) is 10.2 Å². The molecule has 0 fully saturated rings. The van der Waals surface area contributed by atoms with E-state index in [1.165, 1.54) is 4.68 Å². The van der Waals surface area contributed by atoms with Crippen LogP contribution in [0.5, 0.6) is 0 Å². The smallest absolute Gasteiger partial charge is 0.340 e. The summed E-state index contributed by atoms with van der Waals surface area (Å²) in [6.45, 7) is 6.08. The zero-order valence-electron chi connectivity index (χ0n) is 12.0. The summed E-state index contributed by atoms with van der Waals surface area (Å²) in [6.07, 6.45) is 0. The van der Waals surface area contributed by atoms with Gasteiger partial charge in [0.1, 0.15) is 10.7 Å². The lowest BCUT2D eigenvalue weighted by atomic mass is 9.89. The van der Waals surface area contributed by atoms with Crippen molar-refractivity contribution < 1.29 is 9.90 Å². The Hall–Kier alpha value is -1.52. The van der Waals surface area contributed by atoms with Gasteiger partial charge in [0.2, 0.25) is 0 Å². The van der Waals surface area contributed by atoms with Crippen molar-refractivity contribution in [2.45, 2.75) is 32.7 Å². The van der Waals surface area contributed by atoms with Gasteiger partial charge < -0.3 is 5.11 Å². The van der Waals surface area contributed by atoms with Crippen LogP contribution in [0, 0.1) is 0 Å². The van der Waals surface area contributed by atoms with Crippen molar-refractivity contribution >= 4 is 29.2 Å². The zero-order valence-corrected chi connectivity index (χ0v) is 13.5. The normalized spacial score (nSPS) is 11.7. The van der Waals surface area contributed by atoms with Gasteiger partial charge in [-0.05, 0) is 17.7 Å². The van der Waals surface area contributed by atoms with Crippen molar-refractivity contribution in [2.75, 3.05) is 0 Å². The van der Waals surface area contributed by atoms with E-state index in [0.717, 1.165) is 5.56 Å². The van der Waals surface area contributed by atoms with E-state index >= 15 is 0 Å². The predicted molar refractivity (Wildman–Crippen MR) is 83.5 cm³/mol. The Labute approximate surface area is 133 Å². The quantitative estimate of drug-likeness (QED) is 0.918. The number of carbonyl (C=O) groups is 1. The predicted octanol–water partition coefficient (Wildman–Crippen LogP) is 4.23. The third-order valence-electron chi connectivity index (χ3n) is 3.04. The van der Waals surface area contributed by atoms with Crippen LogP contribution in [0.1, 0.15) is 42.4 Å². The van der Waals surface area contributed by atoms with Crippen LogP contribution in [0.4, 0.5) is 0 Å². The van der Waals surface area contributed by atoms with Gasteiger partial charge in [0.25, 0.3) is 0 Å². The summed E-state index contributed by atoms with van der Waals surface area (Å²) in [7, 11) is 0. The van der Waals surface area contributed by atoms with Gasteiger partial charge >= 0.3 is 5.97 Å². The van der Waals surface area contributed by atoms with E-state index < -0.39 is 11.4 Å². The molecule has 4 nitrogen and oxygen atoms in total. The fourth-order valence-corrected chi connectivity index (χ4v) is 2.55. The number of halogens is 2. The van der Waals surface area contributed by atoms with E-state index in [-0.39, 0.29) is 10.7 Å². The maximum absolute atomic E-state index is 11.5. The third kappa shape index (κ3) is 3.39. The van der Waals surface area contributed by atoms with Crippen molar-refractivity contribution in [1.82, 2.24) is 9.78 Å². The number of aromatic nitrogens is 2. The van der Waals surface area contributed by atoms with Gasteiger partial charge in [-0.1, -0.05) is 56.1 Å².